The van der Waals surface area contributed by atoms with Gasteiger partial charge in [0, 0.05) is 6.42 Å². The highest BCUT2D eigenvalue weighted by Crippen LogP contribution is 2.30. The van der Waals surface area contributed by atoms with E-state index >= 15 is 0 Å². The van der Waals surface area contributed by atoms with E-state index in [0.717, 1.165) is 83.5 Å². The van der Waals surface area contributed by atoms with Crippen molar-refractivity contribution in [2.75, 3.05) is 19.8 Å². The van der Waals surface area contributed by atoms with Crippen LogP contribution in [0.4, 0.5) is 0 Å². The maximum Gasteiger partial charge on any atom is 0.220 e. The first-order chi connectivity index (χ1) is 40.1. The Morgan fingerprint density at radius 1 is 0.451 bits per heavy atom. The third-order valence-corrected chi connectivity index (χ3v) is 16.2. The van der Waals surface area contributed by atoms with Crippen molar-refractivity contribution < 1.29 is 64.6 Å². The van der Waals surface area contributed by atoms with E-state index < -0.39 is 86.8 Å². The molecule has 0 bridgehead atoms. The highest BCUT2D eigenvalue weighted by molar-refractivity contribution is 5.76. The second-order valence-corrected chi connectivity index (χ2v) is 23.6. The van der Waals surface area contributed by atoms with Crippen molar-refractivity contribution >= 4 is 5.91 Å². The lowest BCUT2D eigenvalue weighted by Gasteiger charge is -2.46. The first kappa shape index (κ1) is 75.8. The Hall–Kier alpha value is -2.31. The molecular formula is C68H123NO13. The van der Waals surface area contributed by atoms with Gasteiger partial charge in [0.2, 0.25) is 5.91 Å². The zero-order valence-electron chi connectivity index (χ0n) is 51.7. The molecule has 12 atom stereocenters. The standard InChI is InChI=1S/C68H123NO13/c1-3-5-7-9-11-13-15-16-17-18-19-20-21-22-23-24-25-26-27-28-29-30-31-32-33-34-35-36-37-38-39-40-42-44-46-48-50-52-60(73)69-56(57(72)51-49-47-45-43-41-14-12-10-8-6-4-2)55-79-67-65(78)63(76)66(59(54-71)81-67)82-68-64(77)62(75)61(74)58(53-70)80-68/h5,7,11,13,16-17,19-20,22-23,56-59,61-68,70-72,74-78H,3-4,6,8-10,12,14-15,18,21,24-55H2,1-2H3,(H,69,73)/b7-5-,13-11-,17-16-,20-19-,23-22-. The fraction of sp³-hybridized carbons (Fsp3) is 0.838. The molecule has 2 fully saturated rings. The molecular weight excluding hydrogens is 1040 g/mol. The average Bonchev–Trinajstić information content (AvgIpc) is 3.22. The second-order valence-electron chi connectivity index (χ2n) is 23.6. The van der Waals surface area contributed by atoms with Crippen LogP contribution < -0.4 is 5.32 Å². The molecule has 0 aromatic heterocycles. The highest BCUT2D eigenvalue weighted by atomic mass is 16.7. The lowest BCUT2D eigenvalue weighted by atomic mass is 9.97. The molecule has 14 heteroatoms. The summed E-state index contributed by atoms with van der Waals surface area (Å²) in [6.45, 7) is 2.75. The Morgan fingerprint density at radius 2 is 0.841 bits per heavy atom. The molecule has 1 amide bonds. The molecule has 0 spiro atoms. The van der Waals surface area contributed by atoms with Gasteiger partial charge < -0.3 is 65.1 Å². The molecule has 2 heterocycles. The summed E-state index contributed by atoms with van der Waals surface area (Å²) >= 11 is 0. The summed E-state index contributed by atoms with van der Waals surface area (Å²) in [6, 6.07) is -0.827. The van der Waals surface area contributed by atoms with Crippen LogP contribution in [0.3, 0.4) is 0 Å². The van der Waals surface area contributed by atoms with Gasteiger partial charge in [-0.2, -0.15) is 0 Å². The van der Waals surface area contributed by atoms with E-state index in [2.05, 4.69) is 79.9 Å². The number of unbranched alkanes of at least 4 members (excludes halogenated alkanes) is 31. The van der Waals surface area contributed by atoms with Gasteiger partial charge in [-0.1, -0.05) is 267 Å². The van der Waals surface area contributed by atoms with Crippen LogP contribution in [0.15, 0.2) is 60.8 Å². The van der Waals surface area contributed by atoms with E-state index in [9.17, 15) is 45.6 Å². The van der Waals surface area contributed by atoms with Crippen LogP contribution in [0.2, 0.25) is 0 Å². The number of hydrogen-bond acceptors (Lipinski definition) is 13. The molecule has 0 aliphatic carbocycles. The van der Waals surface area contributed by atoms with Crippen molar-refractivity contribution in [1.82, 2.24) is 5.32 Å². The van der Waals surface area contributed by atoms with Crippen LogP contribution in [-0.4, -0.2) is 140 Å². The molecule has 0 radical (unpaired) electrons. The normalized spacial score (nSPS) is 24.3. The van der Waals surface area contributed by atoms with Crippen molar-refractivity contribution in [3.05, 3.63) is 60.8 Å². The first-order valence-electron chi connectivity index (χ1n) is 33.5. The van der Waals surface area contributed by atoms with Gasteiger partial charge in [0.25, 0.3) is 0 Å². The number of carbonyl (C=O) groups is 1. The number of nitrogens with one attached hydrogen (secondary N) is 1. The first-order valence-corrected chi connectivity index (χ1v) is 33.5. The van der Waals surface area contributed by atoms with E-state index in [0.29, 0.717) is 12.8 Å². The van der Waals surface area contributed by atoms with Crippen LogP contribution in [0.1, 0.15) is 271 Å². The summed E-state index contributed by atoms with van der Waals surface area (Å²) < 4.78 is 22.8. The number of aliphatic hydroxyl groups is 8. The monoisotopic (exact) mass is 1160 g/mol. The predicted molar refractivity (Wildman–Crippen MR) is 332 cm³/mol. The largest absolute Gasteiger partial charge is 0.394 e. The van der Waals surface area contributed by atoms with Crippen LogP contribution in [-0.2, 0) is 23.7 Å². The Kier molecular flexibility index (Phi) is 49.0. The summed E-state index contributed by atoms with van der Waals surface area (Å²) in [5.41, 5.74) is 0. The van der Waals surface area contributed by atoms with Crippen LogP contribution in [0.25, 0.3) is 0 Å². The second kappa shape index (κ2) is 53.0. The minimum Gasteiger partial charge on any atom is -0.394 e. The van der Waals surface area contributed by atoms with Crippen LogP contribution >= 0.6 is 0 Å². The number of aliphatic hydroxyl groups excluding tert-OH is 8. The lowest BCUT2D eigenvalue weighted by molar-refractivity contribution is -0.359. The molecule has 12 unspecified atom stereocenters. The molecule has 478 valence electrons. The third-order valence-electron chi connectivity index (χ3n) is 16.2. The minimum atomic E-state index is -1.78. The van der Waals surface area contributed by atoms with Crippen molar-refractivity contribution in [1.29, 1.82) is 0 Å². The summed E-state index contributed by atoms with van der Waals surface area (Å²) in [4.78, 5) is 13.3. The number of carbonyl (C=O) groups excluding carboxylic acids is 1. The van der Waals surface area contributed by atoms with E-state index in [1.165, 1.54) is 161 Å². The number of hydrogen-bond donors (Lipinski definition) is 9. The molecule has 9 N–H and O–H groups in total. The van der Waals surface area contributed by atoms with Crippen molar-refractivity contribution in [2.24, 2.45) is 0 Å². The zero-order valence-corrected chi connectivity index (χ0v) is 51.7. The Morgan fingerprint density at radius 3 is 1.29 bits per heavy atom. The molecule has 2 rings (SSSR count). The number of allylic oxidation sites excluding steroid dienone is 10. The number of amides is 1. The van der Waals surface area contributed by atoms with Gasteiger partial charge in [0.15, 0.2) is 12.6 Å². The van der Waals surface area contributed by atoms with Gasteiger partial charge in [-0.05, 0) is 57.8 Å². The summed E-state index contributed by atoms with van der Waals surface area (Å²) in [5, 5.41) is 87.2. The van der Waals surface area contributed by atoms with Gasteiger partial charge in [-0.15, -0.1) is 0 Å². The fourth-order valence-corrected chi connectivity index (χ4v) is 10.9. The van der Waals surface area contributed by atoms with Gasteiger partial charge in [0.05, 0.1) is 32.0 Å². The smallest absolute Gasteiger partial charge is 0.220 e. The Labute approximate surface area is 498 Å². The third kappa shape index (κ3) is 37.3. The van der Waals surface area contributed by atoms with Crippen LogP contribution in [0, 0.1) is 0 Å². The van der Waals surface area contributed by atoms with Crippen LogP contribution in [0.5, 0.6) is 0 Å². The molecule has 0 saturated carbocycles. The van der Waals surface area contributed by atoms with Gasteiger partial charge >= 0.3 is 0 Å². The molecule has 0 aromatic carbocycles. The van der Waals surface area contributed by atoms with E-state index in [-0.39, 0.29) is 12.5 Å². The topological polar surface area (TPSA) is 228 Å². The zero-order chi connectivity index (χ0) is 59.5. The van der Waals surface area contributed by atoms with Gasteiger partial charge in [-0.3, -0.25) is 4.79 Å². The quantitative estimate of drug-likeness (QED) is 0.0204. The van der Waals surface area contributed by atoms with Gasteiger partial charge in [0.1, 0.15) is 48.8 Å². The lowest BCUT2D eigenvalue weighted by Crippen LogP contribution is -2.65. The van der Waals surface area contributed by atoms with E-state index in [1.807, 2.05) is 0 Å². The molecule has 0 aromatic rings. The Balaban J connectivity index is 1.56. The SMILES string of the molecule is CC/C=C\C/C=C\C/C=C\C/C=C\C/C=C\CCCCCCCCCCCCCCCCCCCCCCCC(=O)NC(COC1OC(CO)C(OC2OC(CO)C(O)C(O)C2O)C(O)C1O)C(O)CCCCCCCCCCCCC. The number of ether oxygens (including phenoxy) is 4. The minimum absolute atomic E-state index is 0.205. The molecule has 14 nitrogen and oxygen atoms in total. The maximum atomic E-state index is 13.3. The molecule has 82 heavy (non-hydrogen) atoms. The molecule has 2 aliphatic heterocycles. The summed E-state index contributed by atoms with van der Waals surface area (Å²) in [6.07, 6.45) is 52.6. The summed E-state index contributed by atoms with van der Waals surface area (Å²) in [5.74, 6) is -0.205. The number of rotatable bonds is 54. The maximum absolute atomic E-state index is 13.3. The van der Waals surface area contributed by atoms with Crippen molar-refractivity contribution in [3.8, 4) is 0 Å². The van der Waals surface area contributed by atoms with E-state index in [1.54, 1.807) is 0 Å². The Bertz CT molecular complexity index is 1610. The van der Waals surface area contributed by atoms with Crippen molar-refractivity contribution in [2.45, 2.75) is 344 Å². The summed E-state index contributed by atoms with van der Waals surface area (Å²) in [7, 11) is 0. The van der Waals surface area contributed by atoms with Crippen molar-refractivity contribution in [3.63, 3.8) is 0 Å². The van der Waals surface area contributed by atoms with Gasteiger partial charge in [-0.25, -0.2) is 0 Å². The molecule has 2 aliphatic rings. The average molecular weight is 1160 g/mol. The molecule has 2 saturated heterocycles. The van der Waals surface area contributed by atoms with E-state index in [4.69, 9.17) is 18.9 Å². The fourth-order valence-electron chi connectivity index (χ4n) is 10.9. The highest BCUT2D eigenvalue weighted by Gasteiger charge is 2.51. The predicted octanol–water partition coefficient (Wildman–Crippen LogP) is 12.9.